The number of aryl methyl sites for hydroxylation is 1. The van der Waals surface area contributed by atoms with Gasteiger partial charge in [-0.3, -0.25) is 4.79 Å². The van der Waals surface area contributed by atoms with Gasteiger partial charge in [-0.2, -0.15) is 0 Å². The van der Waals surface area contributed by atoms with Crippen LogP contribution in [0.25, 0.3) is 0 Å². The number of halogens is 2. The third kappa shape index (κ3) is 4.92. The predicted octanol–water partition coefficient (Wildman–Crippen LogP) is 4.69. The lowest BCUT2D eigenvalue weighted by atomic mass is 9.99. The largest absolute Gasteiger partial charge is 0.351 e. The highest BCUT2D eigenvalue weighted by Crippen LogP contribution is 2.20. The van der Waals surface area contributed by atoms with E-state index in [0.29, 0.717) is 22.9 Å². The molecule has 1 N–H and O–H groups in total. The average Bonchev–Trinajstić information content (AvgIpc) is 2.40. The minimum Gasteiger partial charge on any atom is -0.351 e. The molecule has 1 unspecified atom stereocenters. The molecule has 1 amide bonds. The summed E-state index contributed by atoms with van der Waals surface area (Å²) in [6, 6.07) is 5.66. The zero-order chi connectivity index (χ0) is 14.4. The van der Waals surface area contributed by atoms with E-state index in [1.807, 2.05) is 25.1 Å². The molecule has 0 saturated carbocycles. The van der Waals surface area contributed by atoms with Crippen LogP contribution < -0.4 is 5.32 Å². The van der Waals surface area contributed by atoms with Crippen LogP contribution in [0, 0.1) is 12.8 Å². The number of nitrogens with one attached hydrogen (secondary N) is 1. The molecule has 0 spiro atoms. The fourth-order valence-electron chi connectivity index (χ4n) is 2.05. The number of hydrogen-bond acceptors (Lipinski definition) is 1. The molecule has 0 fully saturated rings. The Morgan fingerprint density at radius 2 is 1.95 bits per heavy atom. The Morgan fingerprint density at radius 1 is 1.32 bits per heavy atom. The van der Waals surface area contributed by atoms with E-state index in [0.717, 1.165) is 22.9 Å². The first kappa shape index (κ1) is 16.7. The van der Waals surface area contributed by atoms with Crippen LogP contribution >= 0.6 is 31.9 Å². The highest BCUT2D eigenvalue weighted by atomic mass is 79.9. The van der Waals surface area contributed by atoms with Crippen molar-refractivity contribution in [2.24, 2.45) is 5.92 Å². The first-order valence-corrected chi connectivity index (χ1v) is 8.38. The van der Waals surface area contributed by atoms with Gasteiger partial charge in [-0.15, -0.1) is 0 Å². The fraction of sp³-hybridized carbons (Fsp3) is 0.533. The van der Waals surface area contributed by atoms with Crippen LogP contribution in [0.15, 0.2) is 22.7 Å². The number of benzene rings is 1. The summed E-state index contributed by atoms with van der Waals surface area (Å²) in [4.78, 5) is 12.4. The summed E-state index contributed by atoms with van der Waals surface area (Å²) in [6.07, 6.45) is 2.25. The van der Waals surface area contributed by atoms with E-state index in [4.69, 9.17) is 0 Å². The summed E-state index contributed by atoms with van der Waals surface area (Å²) >= 11 is 7.11. The van der Waals surface area contributed by atoms with Gasteiger partial charge in [0, 0.05) is 21.4 Å². The number of carbonyl (C=O) groups excluding carboxylic acids is 1. The van der Waals surface area contributed by atoms with Crippen molar-refractivity contribution in [3.8, 4) is 0 Å². The van der Waals surface area contributed by atoms with Crippen LogP contribution in [-0.2, 0) is 0 Å². The number of carbonyl (C=O) groups is 1. The fourth-order valence-corrected chi connectivity index (χ4v) is 3.20. The normalized spacial score (nSPS) is 12.5. The monoisotopic (exact) mass is 389 g/mol. The molecule has 0 radical (unpaired) electrons. The molecule has 4 heteroatoms. The van der Waals surface area contributed by atoms with Crippen LogP contribution in [0.5, 0.6) is 0 Å². The topological polar surface area (TPSA) is 29.1 Å². The summed E-state index contributed by atoms with van der Waals surface area (Å²) in [6.45, 7) is 7.02. The number of rotatable bonds is 6. The highest BCUT2D eigenvalue weighted by molar-refractivity contribution is 9.10. The molecule has 1 aromatic rings. The lowest BCUT2D eigenvalue weighted by Crippen LogP contribution is -2.32. The Balaban J connectivity index is 2.58. The molecule has 0 aliphatic heterocycles. The van der Waals surface area contributed by atoms with E-state index in [-0.39, 0.29) is 5.91 Å². The van der Waals surface area contributed by atoms with Gasteiger partial charge in [-0.25, -0.2) is 0 Å². The summed E-state index contributed by atoms with van der Waals surface area (Å²) in [5, 5.41) is 2.99. The third-order valence-corrected chi connectivity index (χ3v) is 5.40. The van der Waals surface area contributed by atoms with Crippen molar-refractivity contribution in [1.82, 2.24) is 5.32 Å². The van der Waals surface area contributed by atoms with Crippen LogP contribution in [0.2, 0.25) is 0 Å². The van der Waals surface area contributed by atoms with Gasteiger partial charge in [0.1, 0.15) is 0 Å². The molecule has 0 saturated heterocycles. The molecular weight excluding hydrogens is 370 g/mol. The van der Waals surface area contributed by atoms with Crippen molar-refractivity contribution in [2.45, 2.75) is 38.4 Å². The van der Waals surface area contributed by atoms with E-state index < -0.39 is 0 Å². The molecule has 0 heterocycles. The van der Waals surface area contributed by atoms with Gasteiger partial charge in [0.2, 0.25) is 0 Å². The van der Waals surface area contributed by atoms with Gasteiger partial charge < -0.3 is 5.32 Å². The van der Waals surface area contributed by atoms with Gasteiger partial charge in [0.25, 0.3) is 5.91 Å². The minimum atomic E-state index is -0.00833. The zero-order valence-electron chi connectivity index (χ0n) is 11.7. The Kier molecular flexibility index (Phi) is 7.08. The van der Waals surface area contributed by atoms with Crippen LogP contribution in [0.3, 0.4) is 0 Å². The van der Waals surface area contributed by atoms with Crippen LogP contribution in [0.1, 0.15) is 42.6 Å². The molecule has 2 nitrogen and oxygen atoms in total. The minimum absolute atomic E-state index is 0.00833. The van der Waals surface area contributed by atoms with E-state index in [9.17, 15) is 4.79 Å². The van der Waals surface area contributed by atoms with Gasteiger partial charge in [-0.1, -0.05) is 58.5 Å². The summed E-state index contributed by atoms with van der Waals surface area (Å²) < 4.78 is 1.03. The summed E-state index contributed by atoms with van der Waals surface area (Å²) in [5.41, 5.74) is 1.79. The average molecular weight is 391 g/mol. The molecule has 0 aromatic heterocycles. The van der Waals surface area contributed by atoms with Crippen molar-refractivity contribution in [3.63, 3.8) is 0 Å². The molecule has 19 heavy (non-hydrogen) atoms. The second-order valence-electron chi connectivity index (χ2n) is 4.77. The van der Waals surface area contributed by atoms with Gasteiger partial charge in [0.15, 0.2) is 0 Å². The quantitative estimate of drug-likeness (QED) is 0.701. The second kappa shape index (κ2) is 8.05. The first-order chi connectivity index (χ1) is 8.99. The predicted molar refractivity (Wildman–Crippen MR) is 88.0 cm³/mol. The van der Waals surface area contributed by atoms with E-state index in [1.54, 1.807) is 0 Å². The Hall–Kier alpha value is -0.350. The third-order valence-electron chi connectivity index (χ3n) is 3.44. The van der Waals surface area contributed by atoms with E-state index >= 15 is 0 Å². The lowest BCUT2D eigenvalue weighted by molar-refractivity contribution is 0.0952. The molecular formula is C15H21Br2NO. The second-order valence-corrected chi connectivity index (χ2v) is 6.80. The summed E-state index contributed by atoms with van der Waals surface area (Å²) in [7, 11) is 0. The van der Waals surface area contributed by atoms with Gasteiger partial charge >= 0.3 is 0 Å². The molecule has 1 rings (SSSR count). The number of amides is 1. The highest BCUT2D eigenvalue weighted by Gasteiger charge is 2.16. The smallest absolute Gasteiger partial charge is 0.251 e. The maximum atomic E-state index is 12.1. The molecule has 106 valence electrons. The zero-order valence-corrected chi connectivity index (χ0v) is 14.8. The number of hydrogen-bond donors (Lipinski definition) is 1. The van der Waals surface area contributed by atoms with Crippen molar-refractivity contribution < 1.29 is 4.79 Å². The summed E-state index contributed by atoms with van der Waals surface area (Å²) in [5.74, 6) is 0.595. The van der Waals surface area contributed by atoms with Crippen LogP contribution in [-0.4, -0.2) is 17.3 Å². The standard InChI is InChI=1S/C15H21Br2NO/c1-4-11(5-2)14(17)9-18-15(19)12-6-7-13(16)10(3)8-12/h6-8,11,14H,4-5,9H2,1-3H3,(H,18,19). The maximum absolute atomic E-state index is 12.1. The van der Waals surface area contributed by atoms with Crippen LogP contribution in [0.4, 0.5) is 0 Å². The van der Waals surface area contributed by atoms with Crippen molar-refractivity contribution in [2.75, 3.05) is 6.54 Å². The molecule has 0 aliphatic carbocycles. The Bertz CT molecular complexity index is 430. The lowest BCUT2D eigenvalue weighted by Gasteiger charge is -2.20. The molecule has 0 aliphatic rings. The Labute approximate surface area is 132 Å². The molecule has 1 aromatic carbocycles. The van der Waals surface area contributed by atoms with E-state index in [1.165, 1.54) is 0 Å². The SMILES string of the molecule is CCC(CC)C(Br)CNC(=O)c1ccc(Br)c(C)c1. The van der Waals surface area contributed by atoms with Crippen molar-refractivity contribution >= 4 is 37.8 Å². The van der Waals surface area contributed by atoms with Crippen molar-refractivity contribution in [1.29, 1.82) is 0 Å². The molecule has 0 bridgehead atoms. The van der Waals surface area contributed by atoms with E-state index in [2.05, 4.69) is 51.0 Å². The first-order valence-electron chi connectivity index (χ1n) is 6.68. The van der Waals surface area contributed by atoms with Gasteiger partial charge in [-0.05, 0) is 36.6 Å². The van der Waals surface area contributed by atoms with Gasteiger partial charge in [0.05, 0.1) is 0 Å². The maximum Gasteiger partial charge on any atom is 0.251 e. The molecule has 1 atom stereocenters. The Morgan fingerprint density at radius 3 is 2.47 bits per heavy atom. The number of alkyl halides is 1. The van der Waals surface area contributed by atoms with Crippen molar-refractivity contribution in [3.05, 3.63) is 33.8 Å².